The molecule has 0 aliphatic carbocycles. The van der Waals surface area contributed by atoms with E-state index in [1.807, 2.05) is 0 Å². The first-order chi connectivity index (χ1) is 16.6. The van der Waals surface area contributed by atoms with Gasteiger partial charge in [0.05, 0.1) is 13.2 Å². The Labute approximate surface area is 198 Å². The monoisotopic (exact) mass is 485 g/mol. The highest BCUT2D eigenvalue weighted by Crippen LogP contribution is 2.28. The number of β-lactam (4-membered cyclic amide) rings is 1. The number of ketones is 1. The van der Waals surface area contributed by atoms with Crippen LogP contribution in [0.2, 0.25) is 0 Å². The van der Waals surface area contributed by atoms with Crippen LogP contribution >= 0.6 is 0 Å². The number of benzene rings is 2. The Bertz CT molecular complexity index is 1130. The molecular formula is C23H23N3O9. The highest BCUT2D eigenvalue weighted by atomic mass is 16.5. The number of rotatable bonds is 11. The van der Waals surface area contributed by atoms with Crippen molar-refractivity contribution in [1.82, 2.24) is 10.2 Å². The van der Waals surface area contributed by atoms with E-state index in [1.165, 1.54) is 48.5 Å². The van der Waals surface area contributed by atoms with Gasteiger partial charge in [0.1, 0.15) is 23.6 Å². The number of carbonyl (C=O) groups excluding carboxylic acids is 3. The molecule has 1 aliphatic heterocycles. The molecule has 1 heterocycles. The number of phenols is 1. The first-order valence-electron chi connectivity index (χ1n) is 10.5. The van der Waals surface area contributed by atoms with Crippen LogP contribution in [0.4, 0.5) is 0 Å². The molecule has 2 aromatic rings. The Kier molecular flexibility index (Phi) is 7.66. The summed E-state index contributed by atoms with van der Waals surface area (Å²) in [7, 11) is 0. The number of nitrogens with one attached hydrogen (secondary N) is 1. The lowest BCUT2D eigenvalue weighted by atomic mass is 9.98. The number of aromatic hydroxyl groups is 1. The summed E-state index contributed by atoms with van der Waals surface area (Å²) >= 11 is 0. The predicted molar refractivity (Wildman–Crippen MR) is 119 cm³/mol. The molecule has 0 radical (unpaired) electrons. The number of carboxylic acids is 2. The number of amides is 2. The summed E-state index contributed by atoms with van der Waals surface area (Å²) in [5.41, 5.74) is 5.69. The molecule has 3 rings (SSSR count). The highest BCUT2D eigenvalue weighted by Gasteiger charge is 2.45. The Balaban J connectivity index is 1.54. The van der Waals surface area contributed by atoms with Gasteiger partial charge in [-0.25, -0.2) is 4.79 Å². The van der Waals surface area contributed by atoms with Crippen molar-refractivity contribution in [2.24, 2.45) is 5.73 Å². The molecule has 0 saturated carbocycles. The summed E-state index contributed by atoms with van der Waals surface area (Å²) in [5, 5.41) is 30.0. The third-order valence-electron chi connectivity index (χ3n) is 5.36. The van der Waals surface area contributed by atoms with Gasteiger partial charge in [0.15, 0.2) is 6.04 Å². The minimum atomic E-state index is -1.30. The van der Waals surface area contributed by atoms with E-state index in [0.717, 1.165) is 4.90 Å². The second-order valence-corrected chi connectivity index (χ2v) is 7.78. The first kappa shape index (κ1) is 25.2. The molecule has 1 fully saturated rings. The van der Waals surface area contributed by atoms with Crippen molar-refractivity contribution in [3.05, 3.63) is 59.7 Å². The lowest BCUT2D eigenvalue weighted by Gasteiger charge is -2.42. The van der Waals surface area contributed by atoms with E-state index in [2.05, 4.69) is 5.32 Å². The van der Waals surface area contributed by atoms with Crippen molar-refractivity contribution in [1.29, 1.82) is 0 Å². The number of Topliss-reactive ketones (excluding diaryl/α,β-unsaturated/α-hetero) is 1. The lowest BCUT2D eigenvalue weighted by Crippen LogP contribution is -2.66. The van der Waals surface area contributed by atoms with Crippen LogP contribution < -0.4 is 15.8 Å². The van der Waals surface area contributed by atoms with Crippen LogP contribution in [-0.4, -0.2) is 75.0 Å². The normalized spacial score (nSPS) is 16.5. The number of nitrogens with two attached hydrogens (primary N) is 1. The maximum absolute atomic E-state index is 12.5. The van der Waals surface area contributed by atoms with Crippen LogP contribution in [0.25, 0.3) is 0 Å². The van der Waals surface area contributed by atoms with Crippen molar-refractivity contribution < 1.29 is 44.0 Å². The molecule has 0 unspecified atom stereocenters. The number of likely N-dealkylation sites (tertiary alicyclic amines) is 1. The number of phenolic OH excluding ortho intramolecular Hbond substituents is 1. The van der Waals surface area contributed by atoms with Gasteiger partial charge < -0.3 is 36.0 Å². The summed E-state index contributed by atoms with van der Waals surface area (Å²) in [6, 6.07) is 7.49. The van der Waals surface area contributed by atoms with E-state index in [4.69, 9.17) is 15.6 Å². The molecule has 2 amide bonds. The average molecular weight is 485 g/mol. The van der Waals surface area contributed by atoms with Crippen LogP contribution in [-0.2, 0) is 19.2 Å². The molecule has 184 valence electrons. The van der Waals surface area contributed by atoms with Gasteiger partial charge in [0.25, 0.3) is 5.91 Å². The topological polar surface area (TPSA) is 197 Å². The Morgan fingerprint density at radius 3 is 2.20 bits per heavy atom. The Hall–Kier alpha value is -4.45. The van der Waals surface area contributed by atoms with Gasteiger partial charge in [-0.3, -0.25) is 19.2 Å². The van der Waals surface area contributed by atoms with Crippen molar-refractivity contribution in [3.63, 3.8) is 0 Å². The second kappa shape index (κ2) is 10.7. The Morgan fingerprint density at radius 1 is 1.03 bits per heavy atom. The number of carboxylic acid groups (broad SMARTS) is 2. The highest BCUT2D eigenvalue weighted by molar-refractivity contribution is 6.43. The number of carbonyl (C=O) groups is 5. The lowest BCUT2D eigenvalue weighted by molar-refractivity contribution is -0.160. The third kappa shape index (κ3) is 5.92. The first-order valence-corrected chi connectivity index (χ1v) is 10.5. The fourth-order valence-electron chi connectivity index (χ4n) is 3.39. The minimum absolute atomic E-state index is 0.0354. The Morgan fingerprint density at radius 2 is 1.66 bits per heavy atom. The molecular weight excluding hydrogens is 462 g/mol. The molecule has 1 aliphatic rings. The van der Waals surface area contributed by atoms with Gasteiger partial charge in [-0.1, -0.05) is 12.1 Å². The summed E-state index contributed by atoms with van der Waals surface area (Å²) in [6.45, 7) is -0.0655. The van der Waals surface area contributed by atoms with Crippen LogP contribution in [0.15, 0.2) is 48.5 Å². The maximum Gasteiger partial charge on any atom is 0.331 e. The molecule has 12 nitrogen and oxygen atoms in total. The number of nitrogens with zero attached hydrogens (tertiary/aromatic N) is 1. The fraction of sp³-hybridized carbons (Fsp3) is 0.261. The number of hydrogen-bond acceptors (Lipinski definition) is 8. The van der Waals surface area contributed by atoms with Gasteiger partial charge in [0, 0.05) is 12.0 Å². The van der Waals surface area contributed by atoms with Crippen molar-refractivity contribution >= 4 is 29.5 Å². The third-order valence-corrected chi connectivity index (χ3v) is 5.36. The standard InChI is InChI=1S/C23H23N3O9/c24-16(22(31)32)9-10-35-15-7-3-13(4-8-15)19(28)20(29)25-17-11-26(21(17)30)18(23(33)34)12-1-5-14(27)6-2-12/h1-8,16-18,27H,9-11,24H2,(H,25,29)(H,31,32)(H,33,34)/t16-,17+,18+/m1/s1. The van der Waals surface area contributed by atoms with Crippen molar-refractivity contribution in [3.8, 4) is 11.5 Å². The average Bonchev–Trinajstić information content (AvgIpc) is 2.83. The number of aliphatic carboxylic acids is 2. The zero-order valence-electron chi connectivity index (χ0n) is 18.3. The van der Waals surface area contributed by atoms with Crippen LogP contribution in [0, 0.1) is 0 Å². The van der Waals surface area contributed by atoms with Crippen LogP contribution in [0.3, 0.4) is 0 Å². The second-order valence-electron chi connectivity index (χ2n) is 7.78. The van der Waals surface area contributed by atoms with Gasteiger partial charge >= 0.3 is 11.9 Å². The van der Waals surface area contributed by atoms with E-state index in [0.29, 0.717) is 5.75 Å². The van der Waals surface area contributed by atoms with Crippen molar-refractivity contribution in [2.45, 2.75) is 24.5 Å². The predicted octanol–water partition coefficient (Wildman–Crippen LogP) is -0.0914. The zero-order valence-corrected chi connectivity index (χ0v) is 18.3. The number of hydrogen-bond donors (Lipinski definition) is 5. The quantitative estimate of drug-likeness (QED) is 0.163. The van der Waals surface area contributed by atoms with Crippen molar-refractivity contribution in [2.75, 3.05) is 13.2 Å². The largest absolute Gasteiger partial charge is 0.508 e. The van der Waals surface area contributed by atoms with E-state index in [1.54, 1.807) is 0 Å². The SMILES string of the molecule is N[C@H](CCOc1ccc(C(=O)C(=O)N[C@H]2CN([C@H](C(=O)O)c3ccc(O)cc3)C2=O)cc1)C(=O)O. The van der Waals surface area contributed by atoms with E-state index in [-0.39, 0.29) is 36.4 Å². The molecule has 12 heteroatoms. The molecule has 35 heavy (non-hydrogen) atoms. The molecule has 0 spiro atoms. The van der Waals surface area contributed by atoms with E-state index < -0.39 is 47.7 Å². The molecule has 0 bridgehead atoms. The fourth-order valence-corrected chi connectivity index (χ4v) is 3.39. The summed E-state index contributed by atoms with van der Waals surface area (Å²) in [6.07, 6.45) is 0.0837. The molecule has 3 atom stereocenters. The zero-order chi connectivity index (χ0) is 25.7. The summed E-state index contributed by atoms with van der Waals surface area (Å²) in [5.74, 6) is -4.72. The van der Waals surface area contributed by atoms with Gasteiger partial charge in [-0.05, 0) is 42.0 Å². The van der Waals surface area contributed by atoms with E-state index >= 15 is 0 Å². The molecule has 0 aromatic heterocycles. The molecule has 6 N–H and O–H groups in total. The summed E-state index contributed by atoms with van der Waals surface area (Å²) < 4.78 is 5.36. The van der Waals surface area contributed by atoms with Gasteiger partial charge in [-0.2, -0.15) is 0 Å². The van der Waals surface area contributed by atoms with E-state index in [9.17, 15) is 34.2 Å². The summed E-state index contributed by atoms with van der Waals surface area (Å²) in [4.78, 5) is 60.7. The van der Waals surface area contributed by atoms with Gasteiger partial charge in [0.2, 0.25) is 11.7 Å². The smallest absolute Gasteiger partial charge is 0.331 e. The molecule has 2 aromatic carbocycles. The minimum Gasteiger partial charge on any atom is -0.508 e. The van der Waals surface area contributed by atoms with Crippen LogP contribution in [0.5, 0.6) is 11.5 Å². The number of ether oxygens (including phenoxy) is 1. The maximum atomic E-state index is 12.5. The van der Waals surface area contributed by atoms with Crippen LogP contribution in [0.1, 0.15) is 28.4 Å². The van der Waals surface area contributed by atoms with Gasteiger partial charge in [-0.15, -0.1) is 0 Å². The molecule has 1 saturated heterocycles.